The normalized spacial score (nSPS) is 10.8. The first-order chi connectivity index (χ1) is 12.4. The summed E-state index contributed by atoms with van der Waals surface area (Å²) in [6, 6.07) is 11.8. The second-order valence-electron chi connectivity index (χ2n) is 5.30. The lowest BCUT2D eigenvalue weighted by molar-refractivity contribution is -0.142. The zero-order chi connectivity index (χ0) is 19.1. The number of aryl methyl sites for hydroxylation is 1. The highest BCUT2D eigenvalue weighted by Gasteiger charge is 2.16. The second kappa shape index (κ2) is 8.53. The van der Waals surface area contributed by atoms with Crippen LogP contribution in [-0.2, 0) is 14.3 Å². The van der Waals surface area contributed by atoms with Crippen molar-refractivity contribution in [2.24, 2.45) is 0 Å². The molecular weight excluding hydrogens is 342 g/mol. The largest absolute Gasteiger partial charge is 0.451 e. The van der Waals surface area contributed by atoms with Crippen LogP contribution in [-0.4, -0.2) is 18.5 Å². The molecule has 2 aromatic carbocycles. The molecule has 0 aromatic heterocycles. The predicted octanol–water partition coefficient (Wildman–Crippen LogP) is 3.36. The molecule has 0 aliphatic rings. The van der Waals surface area contributed by atoms with E-state index in [-0.39, 0.29) is 5.57 Å². The number of benzene rings is 2. The van der Waals surface area contributed by atoms with Crippen molar-refractivity contribution < 1.29 is 23.1 Å². The van der Waals surface area contributed by atoms with Crippen molar-refractivity contribution in [2.75, 3.05) is 11.9 Å². The van der Waals surface area contributed by atoms with E-state index in [1.807, 2.05) is 24.4 Å². The second-order valence-corrected chi connectivity index (χ2v) is 5.30. The first-order valence-corrected chi connectivity index (χ1v) is 7.50. The van der Waals surface area contributed by atoms with E-state index in [0.717, 1.165) is 23.8 Å². The van der Waals surface area contributed by atoms with E-state index in [4.69, 9.17) is 10.00 Å². The smallest absolute Gasteiger partial charge is 0.349 e. The first-order valence-electron chi connectivity index (χ1n) is 7.50. The molecule has 0 aliphatic heterocycles. The molecule has 2 rings (SSSR count). The van der Waals surface area contributed by atoms with Crippen LogP contribution in [0.1, 0.15) is 11.1 Å². The van der Waals surface area contributed by atoms with Crippen LogP contribution in [0.2, 0.25) is 0 Å². The number of anilines is 1. The summed E-state index contributed by atoms with van der Waals surface area (Å²) in [7, 11) is 0. The Hall–Kier alpha value is -3.53. The standard InChI is InChI=1S/C19H14F2N2O3/c1-12-5-7-13(8-6-12)9-14(10-22)19(25)26-11-17(24)23-18-15(20)3-2-4-16(18)21/h2-9H,11H2,1H3,(H,23,24)/b14-9+. The van der Waals surface area contributed by atoms with E-state index in [1.165, 1.54) is 6.08 Å². The lowest BCUT2D eigenvalue weighted by Gasteiger charge is -2.08. The fourth-order valence-corrected chi connectivity index (χ4v) is 1.97. The van der Waals surface area contributed by atoms with Gasteiger partial charge in [0.15, 0.2) is 6.61 Å². The molecule has 0 heterocycles. The number of rotatable bonds is 5. The van der Waals surface area contributed by atoms with Gasteiger partial charge in [0, 0.05) is 0 Å². The summed E-state index contributed by atoms with van der Waals surface area (Å²) < 4.78 is 31.6. The average Bonchev–Trinajstić information content (AvgIpc) is 2.62. The van der Waals surface area contributed by atoms with Gasteiger partial charge in [0.25, 0.3) is 5.91 Å². The molecule has 1 amide bonds. The third kappa shape index (κ3) is 4.98. The van der Waals surface area contributed by atoms with Crippen molar-refractivity contribution in [3.8, 4) is 6.07 Å². The summed E-state index contributed by atoms with van der Waals surface area (Å²) in [6.07, 6.45) is 1.32. The minimum atomic E-state index is -1.02. The molecule has 0 bridgehead atoms. The number of nitriles is 1. The van der Waals surface area contributed by atoms with E-state index in [0.29, 0.717) is 5.56 Å². The maximum Gasteiger partial charge on any atom is 0.349 e. The van der Waals surface area contributed by atoms with Gasteiger partial charge in [0.05, 0.1) is 0 Å². The number of ether oxygens (including phenoxy) is 1. The number of hydrogen-bond donors (Lipinski definition) is 1. The van der Waals surface area contributed by atoms with Crippen molar-refractivity contribution in [3.05, 3.63) is 70.8 Å². The molecule has 0 unspecified atom stereocenters. The molecule has 132 valence electrons. The lowest BCUT2D eigenvalue weighted by atomic mass is 10.1. The Morgan fingerprint density at radius 3 is 2.35 bits per heavy atom. The Kier molecular flexibility index (Phi) is 6.17. The average molecular weight is 356 g/mol. The molecule has 1 N–H and O–H groups in total. The highest BCUT2D eigenvalue weighted by molar-refractivity contribution is 6.00. The van der Waals surface area contributed by atoms with Crippen LogP contribution in [0.5, 0.6) is 0 Å². The van der Waals surface area contributed by atoms with Gasteiger partial charge in [-0.1, -0.05) is 35.9 Å². The van der Waals surface area contributed by atoms with Gasteiger partial charge in [-0.15, -0.1) is 0 Å². The van der Waals surface area contributed by atoms with Gasteiger partial charge in [-0.2, -0.15) is 5.26 Å². The van der Waals surface area contributed by atoms with Gasteiger partial charge >= 0.3 is 5.97 Å². The SMILES string of the molecule is Cc1ccc(/C=C(\C#N)C(=O)OCC(=O)Nc2c(F)cccc2F)cc1. The summed E-state index contributed by atoms with van der Waals surface area (Å²) >= 11 is 0. The van der Waals surface area contributed by atoms with E-state index in [9.17, 15) is 18.4 Å². The minimum Gasteiger partial charge on any atom is -0.451 e. The molecule has 0 saturated carbocycles. The highest BCUT2D eigenvalue weighted by Crippen LogP contribution is 2.17. The van der Waals surface area contributed by atoms with Crippen molar-refractivity contribution in [3.63, 3.8) is 0 Å². The quantitative estimate of drug-likeness (QED) is 0.506. The fraction of sp³-hybridized carbons (Fsp3) is 0.105. The van der Waals surface area contributed by atoms with Crippen LogP contribution in [0.4, 0.5) is 14.5 Å². The molecule has 2 aromatic rings. The van der Waals surface area contributed by atoms with Crippen molar-refractivity contribution in [1.82, 2.24) is 0 Å². The molecule has 0 atom stereocenters. The maximum atomic E-state index is 13.4. The van der Waals surface area contributed by atoms with Crippen LogP contribution in [0.3, 0.4) is 0 Å². The number of carbonyl (C=O) groups is 2. The van der Waals surface area contributed by atoms with Gasteiger partial charge < -0.3 is 10.1 Å². The van der Waals surface area contributed by atoms with Crippen LogP contribution >= 0.6 is 0 Å². The molecule has 0 fully saturated rings. The number of halogens is 2. The number of hydrogen-bond acceptors (Lipinski definition) is 4. The zero-order valence-corrected chi connectivity index (χ0v) is 13.8. The molecule has 0 aliphatic carbocycles. The molecule has 0 saturated heterocycles. The first kappa shape index (κ1) is 18.8. The molecule has 7 heteroatoms. The van der Waals surface area contributed by atoms with Crippen molar-refractivity contribution in [2.45, 2.75) is 6.92 Å². The lowest BCUT2D eigenvalue weighted by Crippen LogP contribution is -2.22. The van der Waals surface area contributed by atoms with E-state index >= 15 is 0 Å². The Bertz CT molecular complexity index is 880. The monoisotopic (exact) mass is 356 g/mol. The summed E-state index contributed by atoms with van der Waals surface area (Å²) in [5, 5.41) is 11.0. The number of para-hydroxylation sites is 1. The van der Waals surface area contributed by atoms with Crippen LogP contribution < -0.4 is 5.32 Å². The Balaban J connectivity index is 1.99. The van der Waals surface area contributed by atoms with Crippen LogP contribution in [0.15, 0.2) is 48.0 Å². The molecule has 26 heavy (non-hydrogen) atoms. The molecule has 0 spiro atoms. The third-order valence-electron chi connectivity index (χ3n) is 3.29. The fourth-order valence-electron chi connectivity index (χ4n) is 1.97. The molecule has 0 radical (unpaired) electrons. The minimum absolute atomic E-state index is 0.307. The number of carbonyl (C=O) groups excluding carboxylic acids is 2. The van der Waals surface area contributed by atoms with Gasteiger partial charge in [-0.3, -0.25) is 4.79 Å². The Morgan fingerprint density at radius 2 is 1.77 bits per heavy atom. The van der Waals surface area contributed by atoms with E-state index < -0.39 is 35.8 Å². The topological polar surface area (TPSA) is 79.2 Å². The van der Waals surface area contributed by atoms with E-state index in [2.05, 4.69) is 0 Å². The molecular formula is C19H14F2N2O3. The summed E-state index contributed by atoms with van der Waals surface area (Å²) in [4.78, 5) is 23.6. The zero-order valence-electron chi connectivity index (χ0n) is 13.8. The van der Waals surface area contributed by atoms with E-state index in [1.54, 1.807) is 18.2 Å². The number of esters is 1. The van der Waals surface area contributed by atoms with Gasteiger partial charge in [0.1, 0.15) is 29.0 Å². The van der Waals surface area contributed by atoms with Gasteiger partial charge in [-0.25, -0.2) is 13.6 Å². The Morgan fingerprint density at radius 1 is 1.15 bits per heavy atom. The Labute approximate surface area is 148 Å². The molecule has 5 nitrogen and oxygen atoms in total. The summed E-state index contributed by atoms with van der Waals surface area (Å²) in [5.41, 5.74) is 0.685. The summed E-state index contributed by atoms with van der Waals surface area (Å²) in [6.45, 7) is 1.10. The van der Waals surface area contributed by atoms with Gasteiger partial charge in [0.2, 0.25) is 0 Å². The van der Waals surface area contributed by atoms with Gasteiger partial charge in [-0.05, 0) is 30.7 Å². The van der Waals surface area contributed by atoms with Crippen molar-refractivity contribution in [1.29, 1.82) is 5.26 Å². The predicted molar refractivity (Wildman–Crippen MR) is 90.7 cm³/mol. The number of nitrogens with one attached hydrogen (secondary N) is 1. The number of nitrogens with zero attached hydrogens (tertiary/aromatic N) is 1. The highest BCUT2D eigenvalue weighted by atomic mass is 19.1. The number of amides is 1. The van der Waals surface area contributed by atoms with Crippen LogP contribution in [0, 0.1) is 29.9 Å². The van der Waals surface area contributed by atoms with Crippen LogP contribution in [0.25, 0.3) is 6.08 Å². The maximum absolute atomic E-state index is 13.4. The van der Waals surface area contributed by atoms with Crippen molar-refractivity contribution >= 4 is 23.6 Å². The summed E-state index contributed by atoms with van der Waals surface area (Å²) in [5.74, 6) is -3.87. The third-order valence-corrected chi connectivity index (χ3v) is 3.29.